The third kappa shape index (κ3) is 4.00. The van der Waals surface area contributed by atoms with Gasteiger partial charge in [-0.2, -0.15) is 0 Å². The molecule has 0 spiro atoms. The average molecular weight is 588 g/mol. The molecular weight excluding hydrogens is 574 g/mol. The average Bonchev–Trinajstić information content (AvgIpc) is 2.60. The van der Waals surface area contributed by atoms with Gasteiger partial charge in [-0.3, -0.25) is 14.9 Å². The normalized spacial score (nSPS) is 15.9. The number of benzene rings is 2. The molecule has 8 heteroatoms. The lowest BCUT2D eigenvalue weighted by atomic mass is 10.1. The largest absolute Gasteiger partial charge is 0.495 e. The second kappa shape index (κ2) is 7.97. The van der Waals surface area contributed by atoms with Crippen LogP contribution in [0.2, 0.25) is 0 Å². The van der Waals surface area contributed by atoms with Gasteiger partial charge in [-0.25, -0.2) is 9.69 Å². The molecule has 1 saturated heterocycles. The standard InChI is InChI=1S/C19H14I2N2O4/c1-10-3-5-12(6-4-10)23-18(25)13(17(24)22-19(23)26)7-11-8-14(20)16(27-2)15(21)9-11/h3-9H,1-2H3,(H,22,24,26)/b13-7+. The summed E-state index contributed by atoms with van der Waals surface area (Å²) < 4.78 is 7.03. The quantitative estimate of drug-likeness (QED) is 0.336. The zero-order valence-corrected chi connectivity index (χ0v) is 18.7. The van der Waals surface area contributed by atoms with Gasteiger partial charge < -0.3 is 4.74 Å². The molecule has 1 heterocycles. The number of ether oxygens (including phenoxy) is 1. The van der Waals surface area contributed by atoms with E-state index in [1.165, 1.54) is 6.08 Å². The number of amides is 4. The van der Waals surface area contributed by atoms with Crippen molar-refractivity contribution in [3.05, 3.63) is 60.2 Å². The molecule has 1 N–H and O–H groups in total. The second-order valence-corrected chi connectivity index (χ2v) is 8.14. The number of aryl methyl sites for hydroxylation is 1. The van der Waals surface area contributed by atoms with Crippen LogP contribution in [0.1, 0.15) is 11.1 Å². The Morgan fingerprint density at radius 1 is 1.04 bits per heavy atom. The van der Waals surface area contributed by atoms with Gasteiger partial charge in [-0.15, -0.1) is 0 Å². The summed E-state index contributed by atoms with van der Waals surface area (Å²) in [6, 6.07) is 9.78. The van der Waals surface area contributed by atoms with E-state index in [0.717, 1.165) is 23.4 Å². The molecule has 0 unspecified atom stereocenters. The van der Waals surface area contributed by atoms with Crippen molar-refractivity contribution in [1.29, 1.82) is 0 Å². The number of hydrogen-bond donors (Lipinski definition) is 1. The SMILES string of the molecule is COc1c(I)cc(/C=C2\C(=O)NC(=O)N(c3ccc(C)cc3)C2=O)cc1I. The topological polar surface area (TPSA) is 75.7 Å². The first kappa shape index (κ1) is 19.8. The molecule has 3 rings (SSSR count). The Morgan fingerprint density at radius 2 is 1.63 bits per heavy atom. The lowest BCUT2D eigenvalue weighted by molar-refractivity contribution is -0.122. The fraction of sp³-hybridized carbons (Fsp3) is 0.105. The maximum Gasteiger partial charge on any atom is 0.335 e. The van der Waals surface area contributed by atoms with Gasteiger partial charge in [0, 0.05) is 0 Å². The Morgan fingerprint density at radius 3 is 2.19 bits per heavy atom. The molecule has 0 aliphatic carbocycles. The highest BCUT2D eigenvalue weighted by molar-refractivity contribution is 14.1. The van der Waals surface area contributed by atoms with Crippen molar-refractivity contribution in [1.82, 2.24) is 5.32 Å². The molecule has 1 aliphatic rings. The number of nitrogens with one attached hydrogen (secondary N) is 1. The first-order valence-electron chi connectivity index (χ1n) is 7.83. The second-order valence-electron chi connectivity index (χ2n) is 5.81. The fourth-order valence-electron chi connectivity index (χ4n) is 2.61. The van der Waals surface area contributed by atoms with E-state index in [-0.39, 0.29) is 5.57 Å². The number of carbonyl (C=O) groups excluding carboxylic acids is 3. The van der Waals surface area contributed by atoms with E-state index in [4.69, 9.17) is 4.74 Å². The van der Waals surface area contributed by atoms with Crippen molar-refractivity contribution in [2.24, 2.45) is 0 Å². The van der Waals surface area contributed by atoms with E-state index in [1.807, 2.05) is 19.1 Å². The number of halogens is 2. The number of anilines is 1. The van der Waals surface area contributed by atoms with Gasteiger partial charge in [0.1, 0.15) is 11.3 Å². The number of urea groups is 1. The highest BCUT2D eigenvalue weighted by atomic mass is 127. The fourth-order valence-corrected chi connectivity index (χ4v) is 4.87. The minimum absolute atomic E-state index is 0.105. The van der Waals surface area contributed by atoms with Crippen LogP contribution in [-0.4, -0.2) is 25.0 Å². The number of hydrogen-bond acceptors (Lipinski definition) is 4. The summed E-state index contributed by atoms with van der Waals surface area (Å²) in [6.07, 6.45) is 1.48. The molecule has 2 aromatic rings. The van der Waals surface area contributed by atoms with E-state index < -0.39 is 17.8 Å². The molecular formula is C19H14I2N2O4. The lowest BCUT2D eigenvalue weighted by Gasteiger charge is -2.26. The smallest absolute Gasteiger partial charge is 0.335 e. The maximum atomic E-state index is 12.9. The van der Waals surface area contributed by atoms with Crippen molar-refractivity contribution in [3.8, 4) is 5.75 Å². The van der Waals surface area contributed by atoms with Crippen LogP contribution in [0.5, 0.6) is 5.75 Å². The highest BCUT2D eigenvalue weighted by Crippen LogP contribution is 2.30. The number of carbonyl (C=O) groups is 3. The molecule has 0 radical (unpaired) electrons. The summed E-state index contributed by atoms with van der Waals surface area (Å²) in [7, 11) is 1.58. The Labute approximate surface area is 183 Å². The first-order valence-corrected chi connectivity index (χ1v) is 9.98. The minimum Gasteiger partial charge on any atom is -0.495 e. The number of imide groups is 2. The summed E-state index contributed by atoms with van der Waals surface area (Å²) in [5, 5.41) is 2.23. The number of rotatable bonds is 3. The van der Waals surface area contributed by atoms with E-state index in [0.29, 0.717) is 11.3 Å². The van der Waals surface area contributed by atoms with Crippen LogP contribution in [0.15, 0.2) is 42.0 Å². The Kier molecular flexibility index (Phi) is 5.84. The van der Waals surface area contributed by atoms with Gasteiger partial charge in [-0.05, 0) is 88.0 Å². The minimum atomic E-state index is -0.759. The molecule has 2 aromatic carbocycles. The Balaban J connectivity index is 2.03. The van der Waals surface area contributed by atoms with Gasteiger partial charge in [0.15, 0.2) is 0 Å². The third-order valence-corrected chi connectivity index (χ3v) is 5.53. The van der Waals surface area contributed by atoms with Gasteiger partial charge >= 0.3 is 6.03 Å². The van der Waals surface area contributed by atoms with Gasteiger partial charge in [0.2, 0.25) is 0 Å². The van der Waals surface area contributed by atoms with Crippen LogP contribution in [0.25, 0.3) is 6.08 Å². The molecule has 1 aliphatic heterocycles. The molecule has 0 saturated carbocycles. The van der Waals surface area contributed by atoms with E-state index in [2.05, 4.69) is 50.5 Å². The van der Waals surface area contributed by atoms with Crippen LogP contribution in [0.4, 0.5) is 10.5 Å². The number of methoxy groups -OCH3 is 1. The van der Waals surface area contributed by atoms with Crippen molar-refractivity contribution < 1.29 is 19.1 Å². The zero-order chi connectivity index (χ0) is 19.7. The maximum absolute atomic E-state index is 12.9. The van der Waals surface area contributed by atoms with Crippen molar-refractivity contribution in [3.63, 3.8) is 0 Å². The van der Waals surface area contributed by atoms with Gasteiger partial charge in [0.05, 0.1) is 19.9 Å². The number of barbiturate groups is 1. The van der Waals surface area contributed by atoms with Crippen molar-refractivity contribution in [2.75, 3.05) is 12.0 Å². The highest BCUT2D eigenvalue weighted by Gasteiger charge is 2.36. The summed E-state index contributed by atoms with van der Waals surface area (Å²) >= 11 is 4.25. The molecule has 6 nitrogen and oxygen atoms in total. The third-order valence-electron chi connectivity index (χ3n) is 3.93. The van der Waals surface area contributed by atoms with Crippen LogP contribution in [0.3, 0.4) is 0 Å². The van der Waals surface area contributed by atoms with E-state index in [1.54, 1.807) is 31.4 Å². The predicted molar refractivity (Wildman–Crippen MR) is 119 cm³/mol. The van der Waals surface area contributed by atoms with Crippen LogP contribution >= 0.6 is 45.2 Å². The predicted octanol–water partition coefficient (Wildman–Crippen LogP) is 3.88. The van der Waals surface area contributed by atoms with Crippen LogP contribution in [0, 0.1) is 14.1 Å². The molecule has 1 fully saturated rings. The van der Waals surface area contributed by atoms with E-state index in [9.17, 15) is 14.4 Å². The van der Waals surface area contributed by atoms with Crippen molar-refractivity contribution in [2.45, 2.75) is 6.92 Å². The molecule has 0 atom stereocenters. The zero-order valence-electron chi connectivity index (χ0n) is 14.4. The summed E-state index contributed by atoms with van der Waals surface area (Å²) in [4.78, 5) is 38.3. The molecule has 4 amide bonds. The first-order chi connectivity index (χ1) is 12.8. The van der Waals surface area contributed by atoms with E-state index >= 15 is 0 Å². The summed E-state index contributed by atoms with van der Waals surface area (Å²) in [5.41, 5.74) is 1.96. The molecule has 0 bridgehead atoms. The molecule has 27 heavy (non-hydrogen) atoms. The molecule has 0 aromatic heterocycles. The Bertz CT molecular complexity index is 961. The monoisotopic (exact) mass is 588 g/mol. The lowest BCUT2D eigenvalue weighted by Crippen LogP contribution is -2.54. The summed E-state index contributed by atoms with van der Waals surface area (Å²) in [5.74, 6) is -0.642. The Hall–Kier alpha value is -1.95. The van der Waals surface area contributed by atoms with Crippen LogP contribution < -0.4 is 15.0 Å². The van der Waals surface area contributed by atoms with Gasteiger partial charge in [0.25, 0.3) is 11.8 Å². The molecule has 138 valence electrons. The summed E-state index contributed by atoms with van der Waals surface area (Å²) in [6.45, 7) is 1.91. The van der Waals surface area contributed by atoms with Crippen molar-refractivity contribution >= 4 is 74.8 Å². The number of nitrogens with zero attached hydrogens (tertiary/aromatic N) is 1. The van der Waals surface area contributed by atoms with Gasteiger partial charge in [-0.1, -0.05) is 17.7 Å². The van der Waals surface area contributed by atoms with Crippen LogP contribution in [-0.2, 0) is 9.59 Å².